The molecule has 0 heterocycles. The second kappa shape index (κ2) is 6.35. The monoisotopic (exact) mass is 275 g/mol. The average Bonchev–Trinajstić information content (AvgIpc) is 2.40. The van der Waals surface area contributed by atoms with Gasteiger partial charge < -0.3 is 10.0 Å². The van der Waals surface area contributed by atoms with E-state index in [1.165, 1.54) is 12.1 Å². The molecule has 0 radical (unpaired) electrons. The lowest BCUT2D eigenvalue weighted by Gasteiger charge is -2.39. The van der Waals surface area contributed by atoms with E-state index in [-0.39, 0.29) is 12.3 Å². The largest absolute Gasteiger partial charge is 0.396 e. The second-order valence-electron chi connectivity index (χ2n) is 4.93. The second-order valence-corrected chi connectivity index (χ2v) is 4.93. The van der Waals surface area contributed by atoms with Crippen LogP contribution in [-0.2, 0) is 0 Å². The van der Waals surface area contributed by atoms with Crippen LogP contribution >= 0.6 is 0 Å². The molecule has 0 aliphatic heterocycles. The Morgan fingerprint density at radius 1 is 1.50 bits per heavy atom. The number of benzene rings is 1. The summed E-state index contributed by atoms with van der Waals surface area (Å²) in [5.74, 6) is 0. The molecule has 106 valence electrons. The van der Waals surface area contributed by atoms with E-state index < -0.39 is 4.92 Å². The maximum Gasteiger partial charge on any atom is 0.270 e. The first-order valence-corrected chi connectivity index (χ1v) is 6.73. The van der Waals surface area contributed by atoms with Gasteiger partial charge in [-0.2, -0.15) is 5.26 Å². The molecule has 0 bridgehead atoms. The van der Waals surface area contributed by atoms with Crippen molar-refractivity contribution in [2.24, 2.45) is 0 Å². The summed E-state index contributed by atoms with van der Waals surface area (Å²) in [5.41, 5.74) is 0.987. The molecule has 1 aromatic rings. The molecule has 0 aromatic heterocycles. The minimum atomic E-state index is -0.494. The highest BCUT2D eigenvalue weighted by Gasteiger charge is 2.27. The van der Waals surface area contributed by atoms with Crippen molar-refractivity contribution < 1.29 is 10.0 Å². The summed E-state index contributed by atoms with van der Waals surface area (Å²) < 4.78 is 0. The Bertz CT molecular complexity index is 535. The molecule has 0 unspecified atom stereocenters. The summed E-state index contributed by atoms with van der Waals surface area (Å²) in [6, 6.07) is 6.81. The third-order valence-electron chi connectivity index (χ3n) is 3.69. The smallest absolute Gasteiger partial charge is 0.270 e. The Morgan fingerprint density at radius 2 is 2.25 bits per heavy atom. The average molecular weight is 275 g/mol. The molecular formula is C14H17N3O3. The van der Waals surface area contributed by atoms with Crippen molar-refractivity contribution in [2.75, 3.05) is 18.1 Å². The van der Waals surface area contributed by atoms with Gasteiger partial charge in [-0.15, -0.1) is 0 Å². The standard InChI is InChI=1S/C14H17N3O3/c15-10-11-9-13(17(19)20)5-6-14(11)16(7-2-8-18)12-3-1-4-12/h5-6,9,12,18H,1-4,7-8H2. The van der Waals surface area contributed by atoms with Crippen molar-refractivity contribution in [3.8, 4) is 6.07 Å². The minimum absolute atomic E-state index is 0.0685. The fourth-order valence-corrected chi connectivity index (χ4v) is 2.42. The van der Waals surface area contributed by atoms with Crippen LogP contribution in [0.3, 0.4) is 0 Å². The number of anilines is 1. The zero-order chi connectivity index (χ0) is 14.5. The number of non-ortho nitro benzene ring substituents is 1. The lowest BCUT2D eigenvalue weighted by atomic mass is 9.90. The van der Waals surface area contributed by atoms with Crippen LogP contribution in [0.2, 0.25) is 0 Å². The van der Waals surface area contributed by atoms with Gasteiger partial charge in [0.05, 0.1) is 16.2 Å². The molecule has 1 N–H and O–H groups in total. The fraction of sp³-hybridized carbons (Fsp3) is 0.500. The molecule has 1 saturated carbocycles. The normalized spacial score (nSPS) is 14.4. The molecule has 20 heavy (non-hydrogen) atoms. The summed E-state index contributed by atoms with van der Waals surface area (Å²) in [7, 11) is 0. The lowest BCUT2D eigenvalue weighted by Crippen LogP contribution is -2.41. The van der Waals surface area contributed by atoms with Crippen molar-refractivity contribution in [2.45, 2.75) is 31.7 Å². The SMILES string of the molecule is N#Cc1cc([N+](=O)[O-])ccc1N(CCCO)C1CCC1. The summed E-state index contributed by atoms with van der Waals surface area (Å²) in [6.45, 7) is 0.756. The molecule has 1 fully saturated rings. The Balaban J connectivity index is 2.31. The first kappa shape index (κ1) is 14.3. The van der Waals surface area contributed by atoms with E-state index in [4.69, 9.17) is 5.11 Å². The summed E-state index contributed by atoms with van der Waals surface area (Å²) in [6.07, 6.45) is 3.91. The van der Waals surface area contributed by atoms with Gasteiger partial charge in [-0.3, -0.25) is 10.1 Å². The number of nitro benzene ring substituents is 1. The third-order valence-corrected chi connectivity index (χ3v) is 3.69. The highest BCUT2D eigenvalue weighted by molar-refractivity contribution is 5.63. The zero-order valence-electron chi connectivity index (χ0n) is 11.2. The van der Waals surface area contributed by atoms with Crippen LogP contribution in [0.4, 0.5) is 11.4 Å². The Labute approximate surface area is 117 Å². The molecule has 2 rings (SSSR count). The van der Waals surface area contributed by atoms with Gasteiger partial charge in [0.1, 0.15) is 6.07 Å². The van der Waals surface area contributed by atoms with Crippen LogP contribution in [0.15, 0.2) is 18.2 Å². The summed E-state index contributed by atoms with van der Waals surface area (Å²) >= 11 is 0. The topological polar surface area (TPSA) is 90.4 Å². The van der Waals surface area contributed by atoms with E-state index >= 15 is 0 Å². The first-order valence-electron chi connectivity index (χ1n) is 6.73. The number of aliphatic hydroxyl groups excluding tert-OH is 1. The van der Waals surface area contributed by atoms with Gasteiger partial charge >= 0.3 is 0 Å². The van der Waals surface area contributed by atoms with Crippen molar-refractivity contribution in [1.29, 1.82) is 5.26 Å². The lowest BCUT2D eigenvalue weighted by molar-refractivity contribution is -0.384. The van der Waals surface area contributed by atoms with Gasteiger partial charge in [0, 0.05) is 31.3 Å². The maximum absolute atomic E-state index is 10.8. The Kier molecular flexibility index (Phi) is 4.53. The quantitative estimate of drug-likeness (QED) is 0.635. The van der Waals surface area contributed by atoms with Crippen LogP contribution in [0.5, 0.6) is 0 Å². The van der Waals surface area contributed by atoms with Crippen molar-refractivity contribution >= 4 is 11.4 Å². The number of nitrogens with zero attached hydrogens (tertiary/aromatic N) is 3. The molecule has 1 aromatic carbocycles. The van der Waals surface area contributed by atoms with Crippen molar-refractivity contribution in [3.05, 3.63) is 33.9 Å². The molecule has 0 spiro atoms. The van der Waals surface area contributed by atoms with E-state index in [0.29, 0.717) is 24.6 Å². The molecule has 1 aliphatic carbocycles. The van der Waals surface area contributed by atoms with Gasteiger partial charge in [0.25, 0.3) is 5.69 Å². The van der Waals surface area contributed by atoms with Crippen LogP contribution < -0.4 is 4.90 Å². The minimum Gasteiger partial charge on any atom is -0.396 e. The number of hydrogen-bond acceptors (Lipinski definition) is 5. The Hall–Kier alpha value is -2.13. The van der Waals surface area contributed by atoms with Crippen molar-refractivity contribution in [1.82, 2.24) is 0 Å². The summed E-state index contributed by atoms with van der Waals surface area (Å²) in [4.78, 5) is 12.4. The predicted octanol–water partition coefficient (Wildman–Crippen LogP) is 2.21. The first-order chi connectivity index (χ1) is 9.67. The summed E-state index contributed by atoms with van der Waals surface area (Å²) in [5, 5.41) is 29.0. The zero-order valence-corrected chi connectivity index (χ0v) is 11.2. The fourth-order valence-electron chi connectivity index (χ4n) is 2.42. The van der Waals surface area contributed by atoms with Crippen LogP contribution in [-0.4, -0.2) is 29.2 Å². The van der Waals surface area contributed by atoms with Crippen LogP contribution in [0.1, 0.15) is 31.2 Å². The number of nitriles is 1. The highest BCUT2D eigenvalue weighted by Crippen LogP contribution is 2.33. The molecular weight excluding hydrogens is 258 g/mol. The number of aliphatic hydroxyl groups is 1. The van der Waals surface area contributed by atoms with Gasteiger partial charge in [-0.25, -0.2) is 0 Å². The van der Waals surface area contributed by atoms with Crippen molar-refractivity contribution in [3.63, 3.8) is 0 Å². The van der Waals surface area contributed by atoms with E-state index in [9.17, 15) is 15.4 Å². The predicted molar refractivity (Wildman–Crippen MR) is 74.5 cm³/mol. The molecule has 0 atom stereocenters. The molecule has 0 saturated heterocycles. The molecule has 6 nitrogen and oxygen atoms in total. The van der Waals surface area contributed by atoms with Crippen LogP contribution in [0, 0.1) is 21.4 Å². The number of hydrogen-bond donors (Lipinski definition) is 1. The Morgan fingerprint density at radius 3 is 2.75 bits per heavy atom. The number of nitro groups is 1. The maximum atomic E-state index is 10.8. The van der Waals surface area contributed by atoms with E-state index in [0.717, 1.165) is 24.9 Å². The number of rotatable bonds is 6. The van der Waals surface area contributed by atoms with Crippen LogP contribution in [0.25, 0.3) is 0 Å². The van der Waals surface area contributed by atoms with Gasteiger partial charge in [0.15, 0.2) is 0 Å². The third kappa shape index (κ3) is 2.89. The molecule has 0 amide bonds. The van der Waals surface area contributed by atoms with E-state index in [1.54, 1.807) is 6.07 Å². The highest BCUT2D eigenvalue weighted by atomic mass is 16.6. The van der Waals surface area contributed by atoms with Gasteiger partial charge in [-0.05, 0) is 31.7 Å². The van der Waals surface area contributed by atoms with Gasteiger partial charge in [0.2, 0.25) is 0 Å². The van der Waals surface area contributed by atoms with E-state index in [1.807, 2.05) is 6.07 Å². The van der Waals surface area contributed by atoms with E-state index in [2.05, 4.69) is 4.90 Å². The molecule has 6 heteroatoms. The molecule has 1 aliphatic rings. The van der Waals surface area contributed by atoms with Gasteiger partial charge in [-0.1, -0.05) is 0 Å².